The van der Waals surface area contributed by atoms with E-state index in [1.807, 2.05) is 24.5 Å². The van der Waals surface area contributed by atoms with E-state index < -0.39 is 0 Å². The lowest BCUT2D eigenvalue weighted by Gasteiger charge is -2.17. The largest absolute Gasteiger partial charge is 0.310 e. The first-order valence-electron chi connectivity index (χ1n) is 27.5. The Morgan fingerprint density at radius 1 is 0.183 bits per heavy atom. The van der Waals surface area contributed by atoms with Gasteiger partial charge in [-0.1, -0.05) is 127 Å². The van der Waals surface area contributed by atoms with Crippen molar-refractivity contribution >= 4 is 77.2 Å². The lowest BCUT2D eigenvalue weighted by Crippen LogP contribution is -2.03. The van der Waals surface area contributed by atoms with Gasteiger partial charge in [-0.3, -0.25) is 9.97 Å². The van der Waals surface area contributed by atoms with Crippen molar-refractivity contribution < 1.29 is 0 Å². The third-order valence-electron chi connectivity index (χ3n) is 14.9. The van der Waals surface area contributed by atoms with Gasteiger partial charge in [0.2, 0.25) is 0 Å². The first-order chi connectivity index (χ1) is 40.7. The zero-order chi connectivity index (χ0) is 54.6. The number of hydrogen-bond acceptors (Lipinski definition) is 2. The normalized spacial score (nSPS) is 11.2. The summed E-state index contributed by atoms with van der Waals surface area (Å²) in [5, 5.41) is 0. The van der Waals surface area contributed by atoms with Gasteiger partial charge in [-0.25, -0.2) is 0 Å². The van der Waals surface area contributed by atoms with Gasteiger partial charge in [0.05, 0.1) is 11.2 Å². The molecule has 14 aromatic rings. The van der Waals surface area contributed by atoms with Crippen LogP contribution in [-0.4, -0.2) is 37.4 Å². The Hall–Kier alpha value is -11.2. The maximum absolute atomic E-state index is 5.00. The third kappa shape index (κ3) is 9.56. The number of rotatable bonds is 6. The van der Waals surface area contributed by atoms with Gasteiger partial charge in [0.15, 0.2) is 0 Å². The summed E-state index contributed by atoms with van der Waals surface area (Å²) in [5.74, 6) is 0. The van der Waals surface area contributed by atoms with Gasteiger partial charge in [0, 0.05) is 107 Å². The van der Waals surface area contributed by atoms with E-state index >= 15 is 0 Å². The van der Waals surface area contributed by atoms with Crippen LogP contribution in [0.4, 0.5) is 0 Å². The van der Waals surface area contributed by atoms with Gasteiger partial charge >= 0.3 is 0 Å². The second-order valence-electron chi connectivity index (χ2n) is 20.0. The maximum Gasteiger partial charge on any atom is 0.113 e. The van der Waals surface area contributed by atoms with E-state index in [1.54, 1.807) is 0 Å². The van der Waals surface area contributed by atoms with E-state index in [-0.39, 0.29) is 0 Å². The van der Waals surface area contributed by atoms with Crippen LogP contribution >= 0.6 is 0 Å². The van der Waals surface area contributed by atoms with Crippen molar-refractivity contribution in [1.29, 1.82) is 0 Å². The molecule has 0 saturated heterocycles. The van der Waals surface area contributed by atoms with Crippen LogP contribution in [0.15, 0.2) is 328 Å². The van der Waals surface area contributed by atoms with Crippen molar-refractivity contribution in [3.63, 3.8) is 0 Å². The second-order valence-corrected chi connectivity index (χ2v) is 20.0. The molecule has 0 spiro atoms. The number of pyridine rings is 2. The molecule has 0 N–H and O–H groups in total. The average molecular weight is 1060 g/mol. The molecule has 390 valence electrons. The highest BCUT2D eigenvalue weighted by molar-refractivity contribution is 5.87. The number of nitrogens with zero attached hydrogens (tertiary/aromatic N) is 8. The molecule has 0 unspecified atom stereocenters. The predicted molar refractivity (Wildman–Crippen MR) is 340 cm³/mol. The fourth-order valence-electron chi connectivity index (χ4n) is 11.3. The van der Waals surface area contributed by atoms with Crippen LogP contribution in [0, 0.1) is 0 Å². The molecule has 0 fully saturated rings. The molecular formula is C74H54N8. The molecule has 0 radical (unpaired) electrons. The molecule has 0 aliphatic carbocycles. The topological polar surface area (TPSA) is 55.4 Å². The molecular weight excluding hydrogens is 1000 g/mol. The van der Waals surface area contributed by atoms with Crippen LogP contribution in [0.25, 0.3) is 111 Å². The molecule has 0 aliphatic heterocycles. The number of aromatic nitrogens is 8. The second kappa shape index (κ2) is 21.9. The quantitative estimate of drug-likeness (QED) is 0.167. The summed E-state index contributed by atoms with van der Waals surface area (Å²) in [5.41, 5.74) is 19.4. The molecule has 8 heteroatoms. The van der Waals surface area contributed by atoms with Gasteiger partial charge in [-0.2, -0.15) is 0 Å². The minimum atomic E-state index is 0.788. The molecule has 3 aromatic heterocycles. The van der Waals surface area contributed by atoms with Crippen molar-refractivity contribution in [2.45, 2.75) is 0 Å². The zero-order valence-corrected chi connectivity index (χ0v) is 44.8. The minimum absolute atomic E-state index is 0.788. The molecule has 3 heterocycles. The Labute approximate surface area is 474 Å². The Morgan fingerprint density at radius 2 is 0.427 bits per heavy atom. The van der Waals surface area contributed by atoms with E-state index in [2.05, 4.69) is 331 Å². The van der Waals surface area contributed by atoms with E-state index in [0.29, 0.717) is 0 Å². The molecule has 12 bridgehead atoms. The number of fused-ring (bicyclic) bond motifs is 13. The molecule has 0 amide bonds. The Bertz CT molecular complexity index is 4710. The van der Waals surface area contributed by atoms with Gasteiger partial charge in [0.1, 0.15) is 5.52 Å². The van der Waals surface area contributed by atoms with Gasteiger partial charge in [-0.05, 0) is 188 Å². The lowest BCUT2D eigenvalue weighted by molar-refractivity contribution is 1.12. The molecule has 0 atom stereocenters. The molecule has 8 nitrogen and oxygen atoms in total. The highest BCUT2D eigenvalue weighted by atomic mass is 15.0. The predicted octanol–water partition coefficient (Wildman–Crippen LogP) is 18.4. The Morgan fingerprint density at radius 3 is 0.683 bits per heavy atom. The number of para-hydroxylation sites is 5. The average Bonchev–Trinajstić information content (AvgIpc) is 3.73. The fraction of sp³-hybridized carbons (Fsp3) is 0. The van der Waals surface area contributed by atoms with Crippen LogP contribution in [0.1, 0.15) is 0 Å². The highest BCUT2D eigenvalue weighted by Crippen LogP contribution is 2.30. The van der Waals surface area contributed by atoms with Crippen LogP contribution in [0.5, 0.6) is 0 Å². The van der Waals surface area contributed by atoms with E-state index in [4.69, 9.17) is 9.97 Å². The molecule has 11 aromatic carbocycles. The van der Waals surface area contributed by atoms with E-state index in [9.17, 15) is 0 Å². The first-order valence-corrected chi connectivity index (χ1v) is 27.5. The van der Waals surface area contributed by atoms with Crippen molar-refractivity contribution in [1.82, 2.24) is 37.4 Å². The summed E-state index contributed by atoms with van der Waals surface area (Å²) in [6.07, 6.45) is 3.73. The Kier molecular flexibility index (Phi) is 13.1. The van der Waals surface area contributed by atoms with E-state index in [0.717, 1.165) is 111 Å². The van der Waals surface area contributed by atoms with Gasteiger partial charge in [0.25, 0.3) is 0 Å². The Balaban J connectivity index is 1.23. The van der Waals surface area contributed by atoms with Gasteiger partial charge in [-0.15, -0.1) is 0 Å². The zero-order valence-electron chi connectivity index (χ0n) is 44.8. The van der Waals surface area contributed by atoms with Crippen LogP contribution in [-0.2, 0) is 0 Å². The summed E-state index contributed by atoms with van der Waals surface area (Å²) in [6.45, 7) is 0. The smallest absolute Gasteiger partial charge is 0.113 e. The summed E-state index contributed by atoms with van der Waals surface area (Å²) in [6, 6.07) is 112. The highest BCUT2D eigenvalue weighted by Gasteiger charge is 2.12. The van der Waals surface area contributed by atoms with Crippen molar-refractivity contribution in [2.24, 2.45) is 0 Å². The molecule has 0 saturated carbocycles. The first kappa shape index (κ1) is 49.1. The summed E-state index contributed by atoms with van der Waals surface area (Å²) < 4.78 is 14.1. The molecule has 82 heavy (non-hydrogen) atoms. The lowest BCUT2D eigenvalue weighted by atomic mass is 10.2. The molecule has 0 aliphatic rings. The minimum Gasteiger partial charge on any atom is -0.310 e. The summed E-state index contributed by atoms with van der Waals surface area (Å²) in [7, 11) is 0. The van der Waals surface area contributed by atoms with Crippen LogP contribution in [0.2, 0.25) is 0 Å². The van der Waals surface area contributed by atoms with Crippen molar-refractivity contribution in [3.8, 4) is 34.1 Å². The summed E-state index contributed by atoms with van der Waals surface area (Å²) in [4.78, 5) is 9.81. The van der Waals surface area contributed by atoms with Crippen molar-refractivity contribution in [3.05, 3.63) is 328 Å². The monoisotopic (exact) mass is 1050 g/mol. The van der Waals surface area contributed by atoms with E-state index in [1.165, 1.54) is 0 Å². The summed E-state index contributed by atoms with van der Waals surface area (Å²) >= 11 is 0. The number of hydrogen-bond donors (Lipinski definition) is 0. The SMILES string of the molecule is c1ccc(-n2c3cccc(c3)n(-c3ccccc3)c3cccc(c3)n(-c3ccccc3)c3cccc(c3)n(-c3ccnc4cccnc34)c3cccc(c3)n(-c3ccccc3)c3cccc(c3)n(-c3ccccc3)c3cccc2c3)cc1. The third-order valence-corrected chi connectivity index (χ3v) is 14.9. The number of benzene rings is 11. The van der Waals surface area contributed by atoms with Gasteiger partial charge < -0.3 is 27.4 Å². The van der Waals surface area contributed by atoms with Crippen LogP contribution < -0.4 is 0 Å². The standard InChI is InChI=1S/C74H54N8/c1-6-23-55(24-7-1)77-60-33-16-35-62(49-60)78(56-25-8-2-9-26-56)64-37-18-39-66(51-64)80(58-29-12-4-13-30-58)68-41-20-43-70(53-68)82(73-46-48-75-72-45-22-47-76-74(72)73)71-44-21-42-69(54-71)81(59-31-14-5-15-32-59)67-40-19-38-65(52-67)79(57-27-10-3-11-28-57)63-36-17-34-61(77)50-63/h1-54H. The van der Waals surface area contributed by atoms with Crippen LogP contribution in [0.3, 0.4) is 0 Å². The molecule has 14 rings (SSSR count). The van der Waals surface area contributed by atoms with Crippen molar-refractivity contribution in [2.75, 3.05) is 0 Å². The maximum atomic E-state index is 5.00. The fourth-order valence-corrected chi connectivity index (χ4v) is 11.3.